The first-order valence-electron chi connectivity index (χ1n) is 5.75. The van der Waals surface area contributed by atoms with Crippen LogP contribution in [-0.4, -0.2) is 18.6 Å². The Morgan fingerprint density at radius 3 is 2.68 bits per heavy atom. The van der Waals surface area contributed by atoms with E-state index in [0.29, 0.717) is 5.56 Å². The number of anilines is 1. The van der Waals surface area contributed by atoms with E-state index in [1.807, 2.05) is 6.92 Å². The maximum atomic E-state index is 12.3. The van der Waals surface area contributed by atoms with Crippen molar-refractivity contribution in [3.63, 3.8) is 0 Å². The Bertz CT molecular complexity index is 671. The molecule has 2 aromatic rings. The predicted octanol–water partition coefficient (Wildman–Crippen LogP) is 1.09. The minimum atomic E-state index is -3.63. The zero-order valence-electron chi connectivity index (χ0n) is 10.8. The summed E-state index contributed by atoms with van der Waals surface area (Å²) in [6.45, 7) is 3.73. The van der Waals surface area contributed by atoms with Gasteiger partial charge in [0.2, 0.25) is 10.0 Å². The summed E-state index contributed by atoms with van der Waals surface area (Å²) >= 11 is 0. The number of nitrogens with one attached hydrogen (secondary N) is 2. The number of H-pyrrole nitrogens is 1. The summed E-state index contributed by atoms with van der Waals surface area (Å²) < 4.78 is 27.0. The van der Waals surface area contributed by atoms with Crippen LogP contribution in [0.5, 0.6) is 0 Å². The highest BCUT2D eigenvalue weighted by Crippen LogP contribution is 2.22. The van der Waals surface area contributed by atoms with E-state index in [0.717, 1.165) is 11.3 Å². The zero-order chi connectivity index (χ0) is 14.0. The van der Waals surface area contributed by atoms with Crippen LogP contribution in [0.1, 0.15) is 16.8 Å². The topological polar surface area (TPSA) is 101 Å². The molecule has 1 heterocycles. The lowest BCUT2D eigenvalue weighted by molar-refractivity contribution is 0.581. The van der Waals surface area contributed by atoms with Crippen LogP contribution >= 0.6 is 0 Å². The number of rotatable bonds is 4. The molecule has 2 rings (SSSR count). The molecule has 0 saturated heterocycles. The molecule has 102 valence electrons. The molecule has 19 heavy (non-hydrogen) atoms. The standard InChI is InChI=1S/C12H16N4O2S/c1-8-4-3-5-11(13)12(8)19(17,18)15-7-10-6-14-16-9(10)2/h3-6,15H,7,13H2,1-2H3,(H,14,16). The van der Waals surface area contributed by atoms with Gasteiger partial charge in [-0.2, -0.15) is 5.10 Å². The largest absolute Gasteiger partial charge is 0.398 e. The van der Waals surface area contributed by atoms with Gasteiger partial charge in [0.15, 0.2) is 0 Å². The first-order valence-corrected chi connectivity index (χ1v) is 7.24. The molecule has 0 aliphatic heterocycles. The lowest BCUT2D eigenvalue weighted by Gasteiger charge is -2.11. The molecule has 0 bridgehead atoms. The second-order valence-corrected chi connectivity index (χ2v) is 6.04. The van der Waals surface area contributed by atoms with E-state index in [1.165, 1.54) is 0 Å². The third kappa shape index (κ3) is 2.77. The Kier molecular flexibility index (Phi) is 3.59. The van der Waals surface area contributed by atoms with Crippen molar-refractivity contribution in [1.29, 1.82) is 0 Å². The molecule has 0 spiro atoms. The summed E-state index contributed by atoms with van der Waals surface area (Å²) in [6, 6.07) is 5.02. The van der Waals surface area contributed by atoms with Gasteiger partial charge in [-0.15, -0.1) is 0 Å². The maximum absolute atomic E-state index is 12.3. The van der Waals surface area contributed by atoms with Crippen LogP contribution in [0.25, 0.3) is 0 Å². The molecule has 6 nitrogen and oxygen atoms in total. The fraction of sp³-hybridized carbons (Fsp3) is 0.250. The molecule has 1 aromatic carbocycles. The molecule has 0 unspecified atom stereocenters. The number of hydrogen-bond donors (Lipinski definition) is 3. The van der Waals surface area contributed by atoms with Crippen LogP contribution in [0, 0.1) is 13.8 Å². The highest BCUT2D eigenvalue weighted by atomic mass is 32.2. The Hall–Kier alpha value is -1.86. The average Bonchev–Trinajstić information content (AvgIpc) is 2.72. The number of sulfonamides is 1. The first-order chi connectivity index (χ1) is 8.92. The van der Waals surface area contributed by atoms with E-state index < -0.39 is 10.0 Å². The van der Waals surface area contributed by atoms with Gasteiger partial charge >= 0.3 is 0 Å². The van der Waals surface area contributed by atoms with E-state index >= 15 is 0 Å². The molecule has 0 radical (unpaired) electrons. The van der Waals surface area contributed by atoms with E-state index in [9.17, 15) is 8.42 Å². The van der Waals surface area contributed by atoms with E-state index in [-0.39, 0.29) is 17.1 Å². The third-order valence-electron chi connectivity index (χ3n) is 2.90. The van der Waals surface area contributed by atoms with Crippen molar-refractivity contribution >= 4 is 15.7 Å². The Morgan fingerprint density at radius 2 is 2.11 bits per heavy atom. The van der Waals surface area contributed by atoms with Crippen molar-refractivity contribution in [2.75, 3.05) is 5.73 Å². The average molecular weight is 280 g/mol. The fourth-order valence-corrected chi connectivity index (χ4v) is 3.20. The third-order valence-corrected chi connectivity index (χ3v) is 4.52. The quantitative estimate of drug-likeness (QED) is 0.730. The van der Waals surface area contributed by atoms with E-state index in [2.05, 4.69) is 14.9 Å². The number of aromatic amines is 1. The van der Waals surface area contributed by atoms with Gasteiger partial charge < -0.3 is 5.73 Å². The van der Waals surface area contributed by atoms with Crippen molar-refractivity contribution in [3.05, 3.63) is 41.2 Å². The molecular weight excluding hydrogens is 264 g/mol. The lowest BCUT2D eigenvalue weighted by Crippen LogP contribution is -2.25. The minimum absolute atomic E-state index is 0.135. The van der Waals surface area contributed by atoms with Crippen molar-refractivity contribution in [3.8, 4) is 0 Å². The number of hydrogen-bond acceptors (Lipinski definition) is 4. The molecule has 0 fully saturated rings. The van der Waals surface area contributed by atoms with Gasteiger partial charge in [-0.25, -0.2) is 13.1 Å². The first kappa shape index (κ1) is 13.6. The summed E-state index contributed by atoms with van der Waals surface area (Å²) in [5, 5.41) is 6.60. The second-order valence-electron chi connectivity index (χ2n) is 4.34. The maximum Gasteiger partial charge on any atom is 0.243 e. The van der Waals surface area contributed by atoms with Crippen LogP contribution in [0.4, 0.5) is 5.69 Å². The van der Waals surface area contributed by atoms with Crippen LogP contribution in [0.3, 0.4) is 0 Å². The van der Waals surface area contributed by atoms with Crippen LogP contribution in [-0.2, 0) is 16.6 Å². The number of aromatic nitrogens is 2. The molecule has 4 N–H and O–H groups in total. The fourth-order valence-electron chi connectivity index (χ4n) is 1.84. The smallest absolute Gasteiger partial charge is 0.243 e. The molecule has 0 aliphatic carbocycles. The normalized spacial score (nSPS) is 11.7. The SMILES string of the molecule is Cc1cccc(N)c1S(=O)(=O)NCc1cn[nH]c1C. The van der Waals surface area contributed by atoms with Gasteiger partial charge in [-0.05, 0) is 25.5 Å². The monoisotopic (exact) mass is 280 g/mol. The summed E-state index contributed by atoms with van der Waals surface area (Å²) in [4.78, 5) is 0.135. The number of nitrogens with zero attached hydrogens (tertiary/aromatic N) is 1. The zero-order valence-corrected chi connectivity index (χ0v) is 11.6. The Labute approximate surface area is 112 Å². The Balaban J connectivity index is 2.26. The van der Waals surface area contributed by atoms with Gasteiger partial charge in [0.25, 0.3) is 0 Å². The highest BCUT2D eigenvalue weighted by molar-refractivity contribution is 7.89. The number of aryl methyl sites for hydroxylation is 2. The molecule has 1 aromatic heterocycles. The van der Waals surface area contributed by atoms with Gasteiger partial charge in [0.1, 0.15) is 4.90 Å². The predicted molar refractivity (Wildman–Crippen MR) is 72.9 cm³/mol. The van der Waals surface area contributed by atoms with Crippen molar-refractivity contribution in [2.45, 2.75) is 25.3 Å². The number of benzene rings is 1. The van der Waals surface area contributed by atoms with Crippen molar-refractivity contribution < 1.29 is 8.42 Å². The van der Waals surface area contributed by atoms with E-state index in [4.69, 9.17) is 5.73 Å². The van der Waals surface area contributed by atoms with E-state index in [1.54, 1.807) is 31.3 Å². The summed E-state index contributed by atoms with van der Waals surface area (Å²) in [7, 11) is -3.63. The lowest BCUT2D eigenvalue weighted by atomic mass is 10.2. The highest BCUT2D eigenvalue weighted by Gasteiger charge is 2.19. The van der Waals surface area contributed by atoms with Crippen LogP contribution < -0.4 is 10.5 Å². The molecular formula is C12H16N4O2S. The second kappa shape index (κ2) is 5.02. The number of nitrogen functional groups attached to an aromatic ring is 1. The van der Waals surface area contributed by atoms with Crippen LogP contribution in [0.2, 0.25) is 0 Å². The van der Waals surface area contributed by atoms with Crippen molar-refractivity contribution in [1.82, 2.24) is 14.9 Å². The summed E-state index contributed by atoms with van der Waals surface area (Å²) in [5.74, 6) is 0. The summed E-state index contributed by atoms with van der Waals surface area (Å²) in [5.41, 5.74) is 8.25. The van der Waals surface area contributed by atoms with Gasteiger partial charge in [0.05, 0.1) is 11.9 Å². The van der Waals surface area contributed by atoms with Gasteiger partial charge in [-0.1, -0.05) is 12.1 Å². The summed E-state index contributed by atoms with van der Waals surface area (Å²) in [6.07, 6.45) is 1.60. The molecule has 0 aliphatic rings. The van der Waals surface area contributed by atoms with Gasteiger partial charge in [-0.3, -0.25) is 5.10 Å². The Morgan fingerprint density at radius 1 is 1.37 bits per heavy atom. The molecule has 7 heteroatoms. The van der Waals surface area contributed by atoms with Crippen LogP contribution in [0.15, 0.2) is 29.3 Å². The number of nitrogens with two attached hydrogens (primary N) is 1. The van der Waals surface area contributed by atoms with Crippen molar-refractivity contribution in [2.24, 2.45) is 0 Å². The molecule has 0 saturated carbocycles. The van der Waals surface area contributed by atoms with Gasteiger partial charge in [0, 0.05) is 17.8 Å². The molecule has 0 atom stereocenters. The molecule has 0 amide bonds. The minimum Gasteiger partial charge on any atom is -0.398 e.